The highest BCUT2D eigenvalue weighted by atomic mass is 32.2. The van der Waals surface area contributed by atoms with Gasteiger partial charge in [-0.2, -0.15) is 4.31 Å². The maximum atomic E-state index is 12.8. The van der Waals surface area contributed by atoms with Crippen LogP contribution in [0.4, 0.5) is 0 Å². The molecule has 0 aliphatic carbocycles. The molecule has 5 heteroatoms. The van der Waals surface area contributed by atoms with Gasteiger partial charge in [-0.05, 0) is 43.9 Å². The molecular formula is C16H19NO2S2. The minimum atomic E-state index is -3.34. The van der Waals surface area contributed by atoms with E-state index in [1.54, 1.807) is 10.4 Å². The lowest BCUT2D eigenvalue weighted by Gasteiger charge is -2.23. The van der Waals surface area contributed by atoms with E-state index in [0.717, 1.165) is 24.1 Å². The highest BCUT2D eigenvalue weighted by Gasteiger charge is 2.35. The van der Waals surface area contributed by atoms with Gasteiger partial charge in [0.25, 0.3) is 10.0 Å². The number of nitrogens with zero attached hydrogens (tertiary/aromatic N) is 1. The van der Waals surface area contributed by atoms with Crippen molar-refractivity contribution >= 4 is 21.4 Å². The Hall–Kier alpha value is -1.17. The van der Waals surface area contributed by atoms with Gasteiger partial charge in [-0.1, -0.05) is 30.3 Å². The van der Waals surface area contributed by atoms with E-state index in [0.29, 0.717) is 10.8 Å². The fourth-order valence-corrected chi connectivity index (χ4v) is 5.99. The van der Waals surface area contributed by atoms with Gasteiger partial charge in [-0.3, -0.25) is 0 Å². The van der Waals surface area contributed by atoms with Gasteiger partial charge in [0.1, 0.15) is 4.21 Å². The molecule has 0 saturated carbocycles. The molecule has 0 spiro atoms. The van der Waals surface area contributed by atoms with Crippen LogP contribution in [0.3, 0.4) is 0 Å². The number of rotatable bonds is 4. The van der Waals surface area contributed by atoms with Gasteiger partial charge in [0.05, 0.1) is 0 Å². The number of benzene rings is 1. The molecule has 1 saturated heterocycles. The van der Waals surface area contributed by atoms with Crippen molar-refractivity contribution in [2.24, 2.45) is 0 Å². The summed E-state index contributed by atoms with van der Waals surface area (Å²) >= 11 is 1.36. The molecule has 2 heterocycles. The van der Waals surface area contributed by atoms with Crippen molar-refractivity contribution in [3.8, 4) is 0 Å². The Kier molecular flexibility index (Phi) is 4.15. The first kappa shape index (κ1) is 14.8. The minimum Gasteiger partial charge on any atom is -0.206 e. The molecule has 3 rings (SSSR count). The lowest BCUT2D eigenvalue weighted by atomic mass is 10.1. The largest absolute Gasteiger partial charge is 0.252 e. The first-order chi connectivity index (χ1) is 10.1. The smallest absolute Gasteiger partial charge is 0.206 e. The molecule has 1 aliphatic rings. The van der Waals surface area contributed by atoms with Crippen LogP contribution in [0, 0.1) is 6.92 Å². The topological polar surface area (TPSA) is 37.4 Å². The molecule has 0 amide bonds. The summed E-state index contributed by atoms with van der Waals surface area (Å²) in [6.07, 6.45) is 2.68. The van der Waals surface area contributed by atoms with Gasteiger partial charge in [0, 0.05) is 17.5 Å². The van der Waals surface area contributed by atoms with Crippen LogP contribution < -0.4 is 0 Å². The molecule has 21 heavy (non-hydrogen) atoms. The van der Waals surface area contributed by atoms with Crippen LogP contribution >= 0.6 is 11.3 Å². The number of hydrogen-bond donors (Lipinski definition) is 0. The van der Waals surface area contributed by atoms with Crippen LogP contribution in [-0.2, 0) is 16.4 Å². The first-order valence-corrected chi connectivity index (χ1v) is 9.45. The van der Waals surface area contributed by atoms with Gasteiger partial charge in [0.15, 0.2) is 0 Å². The third kappa shape index (κ3) is 3.05. The number of sulfonamides is 1. The van der Waals surface area contributed by atoms with E-state index in [-0.39, 0.29) is 6.04 Å². The Bertz CT molecular complexity index is 707. The summed E-state index contributed by atoms with van der Waals surface area (Å²) in [6.45, 7) is 2.58. The predicted molar refractivity (Wildman–Crippen MR) is 86.1 cm³/mol. The van der Waals surface area contributed by atoms with Crippen LogP contribution in [0.15, 0.2) is 46.7 Å². The van der Waals surface area contributed by atoms with Crippen molar-refractivity contribution < 1.29 is 8.42 Å². The van der Waals surface area contributed by atoms with E-state index >= 15 is 0 Å². The summed E-state index contributed by atoms with van der Waals surface area (Å²) in [5.41, 5.74) is 1.20. The molecule has 1 aliphatic heterocycles. The average Bonchev–Trinajstić information content (AvgIpc) is 3.09. The third-order valence-electron chi connectivity index (χ3n) is 3.92. The van der Waals surface area contributed by atoms with E-state index in [1.807, 2.05) is 31.2 Å². The second-order valence-electron chi connectivity index (χ2n) is 5.47. The molecule has 0 bridgehead atoms. The maximum Gasteiger partial charge on any atom is 0.252 e. The summed E-state index contributed by atoms with van der Waals surface area (Å²) in [6, 6.07) is 13.8. The Morgan fingerprint density at radius 1 is 1.19 bits per heavy atom. The lowest BCUT2D eigenvalue weighted by molar-refractivity contribution is 0.386. The first-order valence-electron chi connectivity index (χ1n) is 7.19. The second-order valence-corrected chi connectivity index (χ2v) is 8.87. The fraction of sp³-hybridized carbons (Fsp3) is 0.375. The van der Waals surface area contributed by atoms with Crippen LogP contribution in [0.2, 0.25) is 0 Å². The van der Waals surface area contributed by atoms with Gasteiger partial charge < -0.3 is 0 Å². The van der Waals surface area contributed by atoms with Crippen molar-refractivity contribution in [1.82, 2.24) is 4.31 Å². The van der Waals surface area contributed by atoms with E-state index in [2.05, 4.69) is 12.1 Å². The maximum absolute atomic E-state index is 12.8. The summed E-state index contributed by atoms with van der Waals surface area (Å²) in [4.78, 5) is 1.03. The van der Waals surface area contributed by atoms with Crippen LogP contribution in [-0.4, -0.2) is 25.3 Å². The molecule has 1 aromatic carbocycles. The molecule has 0 N–H and O–H groups in total. The summed E-state index contributed by atoms with van der Waals surface area (Å²) in [5, 5.41) is 0. The Balaban J connectivity index is 1.84. The highest BCUT2D eigenvalue weighted by Crippen LogP contribution is 2.31. The van der Waals surface area contributed by atoms with Crippen LogP contribution in [0.25, 0.3) is 0 Å². The van der Waals surface area contributed by atoms with Crippen molar-refractivity contribution in [2.45, 2.75) is 36.4 Å². The number of hydrogen-bond acceptors (Lipinski definition) is 3. The Morgan fingerprint density at radius 2 is 1.95 bits per heavy atom. The van der Waals surface area contributed by atoms with Crippen molar-refractivity contribution in [1.29, 1.82) is 0 Å². The predicted octanol–water partition coefficient (Wildman–Crippen LogP) is 3.45. The molecule has 0 radical (unpaired) electrons. The van der Waals surface area contributed by atoms with Gasteiger partial charge in [-0.15, -0.1) is 11.3 Å². The number of aryl methyl sites for hydroxylation is 1. The van der Waals surface area contributed by atoms with E-state index in [4.69, 9.17) is 0 Å². The molecule has 1 unspecified atom stereocenters. The summed E-state index contributed by atoms with van der Waals surface area (Å²) in [7, 11) is -3.34. The summed E-state index contributed by atoms with van der Waals surface area (Å²) < 4.78 is 27.7. The monoisotopic (exact) mass is 321 g/mol. The van der Waals surface area contributed by atoms with Crippen molar-refractivity contribution in [3.63, 3.8) is 0 Å². The van der Waals surface area contributed by atoms with Crippen molar-refractivity contribution in [3.05, 3.63) is 52.9 Å². The average molecular weight is 321 g/mol. The standard InChI is InChI=1S/C16H19NO2S2/c1-13-9-10-16(20-13)21(18,19)17-11-5-8-15(17)12-14-6-3-2-4-7-14/h2-4,6-7,9-10,15H,5,8,11-12H2,1H3. The molecular weight excluding hydrogens is 302 g/mol. The Morgan fingerprint density at radius 3 is 2.62 bits per heavy atom. The molecule has 1 aromatic heterocycles. The summed E-state index contributed by atoms with van der Waals surface area (Å²) in [5.74, 6) is 0. The van der Waals surface area contributed by atoms with Gasteiger partial charge in [-0.25, -0.2) is 8.42 Å². The van der Waals surface area contributed by atoms with Gasteiger partial charge in [0.2, 0.25) is 0 Å². The molecule has 112 valence electrons. The quantitative estimate of drug-likeness (QED) is 0.865. The molecule has 1 fully saturated rings. The van der Waals surface area contributed by atoms with Crippen molar-refractivity contribution in [2.75, 3.05) is 6.54 Å². The second kappa shape index (κ2) is 5.91. The zero-order valence-electron chi connectivity index (χ0n) is 12.0. The molecule has 2 aromatic rings. The van der Waals surface area contributed by atoms with Crippen LogP contribution in [0.1, 0.15) is 23.3 Å². The lowest BCUT2D eigenvalue weighted by Crippen LogP contribution is -2.36. The SMILES string of the molecule is Cc1ccc(S(=O)(=O)N2CCCC2Cc2ccccc2)s1. The zero-order chi connectivity index (χ0) is 14.9. The highest BCUT2D eigenvalue weighted by molar-refractivity contribution is 7.91. The number of thiophene rings is 1. The van der Waals surface area contributed by atoms with Gasteiger partial charge >= 0.3 is 0 Å². The zero-order valence-corrected chi connectivity index (χ0v) is 13.7. The Labute approximate surface area is 130 Å². The normalized spacial score (nSPS) is 20.0. The third-order valence-corrected chi connectivity index (χ3v) is 7.34. The van der Waals surface area contributed by atoms with E-state index < -0.39 is 10.0 Å². The fourth-order valence-electron chi connectivity index (χ4n) is 2.88. The molecule has 3 nitrogen and oxygen atoms in total. The molecule has 1 atom stereocenters. The van der Waals surface area contributed by atoms with Crippen LogP contribution in [0.5, 0.6) is 0 Å². The van der Waals surface area contributed by atoms with E-state index in [9.17, 15) is 8.42 Å². The van der Waals surface area contributed by atoms with E-state index in [1.165, 1.54) is 16.9 Å². The minimum absolute atomic E-state index is 0.0832.